The summed E-state index contributed by atoms with van der Waals surface area (Å²) >= 11 is 0. The lowest BCUT2D eigenvalue weighted by molar-refractivity contribution is 1.03. The Morgan fingerprint density at radius 3 is 2.77 bits per heavy atom. The van der Waals surface area contributed by atoms with Gasteiger partial charge in [-0.3, -0.25) is 0 Å². The number of nitrogen functional groups attached to an aromatic ring is 1. The van der Waals surface area contributed by atoms with Gasteiger partial charge in [-0.1, -0.05) is 6.92 Å². The van der Waals surface area contributed by atoms with Gasteiger partial charge in [0.15, 0.2) is 5.65 Å². The van der Waals surface area contributed by atoms with E-state index in [1.54, 1.807) is 0 Å². The van der Waals surface area contributed by atoms with E-state index in [1.807, 2.05) is 13.8 Å². The first-order chi connectivity index (χ1) is 6.20. The van der Waals surface area contributed by atoms with Gasteiger partial charge in [0.1, 0.15) is 11.3 Å². The van der Waals surface area contributed by atoms with Crippen LogP contribution >= 0.6 is 0 Å². The third kappa shape index (κ3) is 1.22. The van der Waals surface area contributed by atoms with E-state index in [2.05, 4.69) is 19.9 Å². The molecular weight excluding hydrogens is 166 g/mol. The molecule has 0 spiro atoms. The highest BCUT2D eigenvalue weighted by Gasteiger charge is 2.07. The summed E-state index contributed by atoms with van der Waals surface area (Å²) in [5.41, 5.74) is 8.00. The van der Waals surface area contributed by atoms with Crippen molar-refractivity contribution in [3.63, 3.8) is 0 Å². The number of aromatic nitrogens is 4. The number of imidazole rings is 1. The number of nitrogens with one attached hydrogen (secondary N) is 1. The van der Waals surface area contributed by atoms with Crippen molar-refractivity contribution in [3.05, 3.63) is 11.5 Å². The Morgan fingerprint density at radius 1 is 1.31 bits per heavy atom. The molecular formula is C8H11N5. The van der Waals surface area contributed by atoms with Crippen molar-refractivity contribution in [1.82, 2.24) is 19.9 Å². The second-order valence-electron chi connectivity index (χ2n) is 2.90. The molecule has 5 heteroatoms. The predicted octanol–water partition coefficient (Wildman–Crippen LogP) is 0.806. The fourth-order valence-electron chi connectivity index (χ4n) is 1.35. The second-order valence-corrected chi connectivity index (χ2v) is 2.90. The number of fused-ring (bicyclic) bond motifs is 1. The Kier molecular flexibility index (Phi) is 1.65. The van der Waals surface area contributed by atoms with E-state index in [9.17, 15) is 0 Å². The van der Waals surface area contributed by atoms with Crippen molar-refractivity contribution in [2.45, 2.75) is 20.3 Å². The van der Waals surface area contributed by atoms with Crippen LogP contribution in [0.1, 0.15) is 18.4 Å². The number of aromatic amines is 1. The summed E-state index contributed by atoms with van der Waals surface area (Å²) in [6.45, 7) is 3.91. The lowest BCUT2D eigenvalue weighted by Crippen LogP contribution is -1.99. The first kappa shape index (κ1) is 7.97. The molecule has 0 aromatic carbocycles. The third-order valence-corrected chi connectivity index (χ3v) is 1.90. The minimum absolute atomic E-state index is 0.288. The maximum atomic E-state index is 5.53. The van der Waals surface area contributed by atoms with E-state index in [0.29, 0.717) is 5.65 Å². The molecule has 2 aromatic rings. The number of nitrogens with zero attached hydrogens (tertiary/aromatic N) is 3. The summed E-state index contributed by atoms with van der Waals surface area (Å²) in [7, 11) is 0. The summed E-state index contributed by atoms with van der Waals surface area (Å²) in [5, 5.41) is 0. The van der Waals surface area contributed by atoms with Crippen LogP contribution in [-0.2, 0) is 6.42 Å². The fourth-order valence-corrected chi connectivity index (χ4v) is 1.35. The zero-order valence-electron chi connectivity index (χ0n) is 7.63. The number of rotatable bonds is 1. The van der Waals surface area contributed by atoms with E-state index < -0.39 is 0 Å². The van der Waals surface area contributed by atoms with E-state index in [1.165, 1.54) is 0 Å². The van der Waals surface area contributed by atoms with Gasteiger partial charge in [0.25, 0.3) is 0 Å². The molecule has 2 aromatic heterocycles. The lowest BCUT2D eigenvalue weighted by Gasteiger charge is -1.97. The Balaban J connectivity index is 2.80. The van der Waals surface area contributed by atoms with Crippen LogP contribution in [0.25, 0.3) is 11.2 Å². The van der Waals surface area contributed by atoms with E-state index in [-0.39, 0.29) is 5.95 Å². The van der Waals surface area contributed by atoms with Crippen LogP contribution in [0.4, 0.5) is 5.95 Å². The van der Waals surface area contributed by atoms with Crippen LogP contribution in [0.3, 0.4) is 0 Å². The molecule has 0 bridgehead atoms. The summed E-state index contributed by atoms with van der Waals surface area (Å²) in [5.74, 6) is 1.13. The van der Waals surface area contributed by atoms with Crippen molar-refractivity contribution >= 4 is 17.1 Å². The predicted molar refractivity (Wildman–Crippen MR) is 50.2 cm³/mol. The zero-order valence-corrected chi connectivity index (χ0v) is 7.63. The van der Waals surface area contributed by atoms with Gasteiger partial charge in [0.05, 0.1) is 5.69 Å². The van der Waals surface area contributed by atoms with Crippen LogP contribution < -0.4 is 5.73 Å². The summed E-state index contributed by atoms with van der Waals surface area (Å²) in [4.78, 5) is 15.5. The Morgan fingerprint density at radius 2 is 2.08 bits per heavy atom. The maximum Gasteiger partial charge on any atom is 0.222 e. The van der Waals surface area contributed by atoms with Gasteiger partial charge >= 0.3 is 0 Å². The van der Waals surface area contributed by atoms with Gasteiger partial charge in [-0.25, -0.2) is 9.97 Å². The first-order valence-corrected chi connectivity index (χ1v) is 4.19. The summed E-state index contributed by atoms with van der Waals surface area (Å²) < 4.78 is 0. The second kappa shape index (κ2) is 2.69. The van der Waals surface area contributed by atoms with Crippen LogP contribution in [0.2, 0.25) is 0 Å². The van der Waals surface area contributed by atoms with Crippen LogP contribution in [0, 0.1) is 6.92 Å². The van der Waals surface area contributed by atoms with Gasteiger partial charge < -0.3 is 10.7 Å². The average molecular weight is 177 g/mol. The Hall–Kier alpha value is -1.65. The number of nitrogens with two attached hydrogens (primary N) is 1. The highest BCUT2D eigenvalue weighted by atomic mass is 15.1. The van der Waals surface area contributed by atoms with Gasteiger partial charge in [0.2, 0.25) is 5.95 Å². The lowest BCUT2D eigenvalue weighted by atomic mass is 10.3. The van der Waals surface area contributed by atoms with Crippen molar-refractivity contribution in [2.24, 2.45) is 0 Å². The quantitative estimate of drug-likeness (QED) is 0.675. The number of aryl methyl sites for hydroxylation is 2. The smallest absolute Gasteiger partial charge is 0.222 e. The molecule has 0 unspecified atom stereocenters. The summed E-state index contributed by atoms with van der Waals surface area (Å²) in [6, 6.07) is 0. The molecule has 0 saturated heterocycles. The normalized spacial score (nSPS) is 10.9. The van der Waals surface area contributed by atoms with E-state index in [4.69, 9.17) is 5.73 Å². The molecule has 0 radical (unpaired) electrons. The van der Waals surface area contributed by atoms with Crippen molar-refractivity contribution < 1.29 is 0 Å². The molecule has 2 rings (SSSR count). The van der Waals surface area contributed by atoms with Gasteiger partial charge in [-0.05, 0) is 13.3 Å². The zero-order chi connectivity index (χ0) is 9.42. The monoisotopic (exact) mass is 177 g/mol. The number of hydrogen-bond acceptors (Lipinski definition) is 4. The minimum Gasteiger partial charge on any atom is -0.368 e. The van der Waals surface area contributed by atoms with Gasteiger partial charge in [0, 0.05) is 0 Å². The molecule has 0 saturated carbocycles. The maximum absolute atomic E-state index is 5.53. The average Bonchev–Trinajstić information content (AvgIpc) is 2.43. The topological polar surface area (TPSA) is 80.5 Å². The Bertz CT molecular complexity index is 445. The molecule has 0 aliphatic heterocycles. The highest BCUT2D eigenvalue weighted by molar-refractivity contribution is 5.74. The van der Waals surface area contributed by atoms with Crippen molar-refractivity contribution in [1.29, 1.82) is 0 Å². The molecule has 0 atom stereocenters. The largest absolute Gasteiger partial charge is 0.368 e. The number of H-pyrrole nitrogens is 1. The standard InChI is InChI=1S/C8H11N5/c1-3-5-6-7(11-4(2)10-6)13-8(9)12-5/h3H2,1-2H3,(H3,9,10,11,12,13). The SMILES string of the molecule is CCc1nc(N)nc2nc(C)[nH]c12. The molecule has 2 heterocycles. The van der Waals surface area contributed by atoms with E-state index in [0.717, 1.165) is 23.5 Å². The first-order valence-electron chi connectivity index (χ1n) is 4.19. The fraction of sp³-hybridized carbons (Fsp3) is 0.375. The van der Waals surface area contributed by atoms with Crippen LogP contribution in [0.15, 0.2) is 0 Å². The molecule has 5 nitrogen and oxygen atoms in total. The van der Waals surface area contributed by atoms with Gasteiger partial charge in [-0.2, -0.15) is 4.98 Å². The molecule has 0 aliphatic carbocycles. The van der Waals surface area contributed by atoms with E-state index >= 15 is 0 Å². The summed E-state index contributed by atoms with van der Waals surface area (Å²) in [6.07, 6.45) is 0.824. The molecule has 68 valence electrons. The Labute approximate surface area is 75.4 Å². The molecule has 13 heavy (non-hydrogen) atoms. The van der Waals surface area contributed by atoms with Crippen LogP contribution in [0.5, 0.6) is 0 Å². The number of hydrogen-bond donors (Lipinski definition) is 2. The van der Waals surface area contributed by atoms with Gasteiger partial charge in [-0.15, -0.1) is 0 Å². The van der Waals surface area contributed by atoms with Crippen LogP contribution in [-0.4, -0.2) is 19.9 Å². The molecule has 0 amide bonds. The number of anilines is 1. The molecule has 0 fully saturated rings. The van der Waals surface area contributed by atoms with Crippen molar-refractivity contribution in [2.75, 3.05) is 5.73 Å². The van der Waals surface area contributed by atoms with Crippen molar-refractivity contribution in [3.8, 4) is 0 Å². The highest BCUT2D eigenvalue weighted by Crippen LogP contribution is 2.14. The molecule has 0 aliphatic rings. The third-order valence-electron chi connectivity index (χ3n) is 1.90. The minimum atomic E-state index is 0.288. The molecule has 3 N–H and O–H groups in total.